The number of hydrogen-bond acceptors (Lipinski definition) is 2. The number of ketones is 1. The number of rotatable bonds is 8. The van der Waals surface area contributed by atoms with Crippen LogP contribution >= 0.6 is 0 Å². The number of benzene rings is 1. The number of carbonyl (C=O) groups is 1. The summed E-state index contributed by atoms with van der Waals surface area (Å²) in [5.74, 6) is 0.302. The lowest BCUT2D eigenvalue weighted by molar-refractivity contribution is -0.117. The molecular weight excluding hydrogens is 210 g/mol. The fourth-order valence-corrected chi connectivity index (χ4v) is 1.90. The largest absolute Gasteiger partial charge is 0.300 e. The second-order valence-electron chi connectivity index (χ2n) is 4.51. The van der Waals surface area contributed by atoms with E-state index >= 15 is 0 Å². The van der Waals surface area contributed by atoms with Crippen LogP contribution in [-0.2, 0) is 11.3 Å². The summed E-state index contributed by atoms with van der Waals surface area (Å²) in [5, 5.41) is 0. The molecule has 0 saturated carbocycles. The van der Waals surface area contributed by atoms with Crippen LogP contribution in [0, 0.1) is 0 Å². The quantitative estimate of drug-likeness (QED) is 0.642. The molecule has 0 saturated heterocycles. The van der Waals surface area contributed by atoms with E-state index in [2.05, 4.69) is 36.1 Å². The van der Waals surface area contributed by atoms with Gasteiger partial charge in [-0.15, -0.1) is 0 Å². The Kier molecular flexibility index (Phi) is 6.56. The van der Waals surface area contributed by atoms with Crippen LogP contribution in [0.1, 0.15) is 38.7 Å². The Morgan fingerprint density at radius 1 is 1.18 bits per heavy atom. The van der Waals surface area contributed by atoms with Crippen LogP contribution in [0.5, 0.6) is 0 Å². The molecule has 94 valence electrons. The van der Waals surface area contributed by atoms with Crippen molar-refractivity contribution in [2.24, 2.45) is 0 Å². The lowest BCUT2D eigenvalue weighted by atomic mass is 10.1. The molecule has 0 heterocycles. The molecule has 0 aliphatic rings. The van der Waals surface area contributed by atoms with E-state index in [9.17, 15) is 4.79 Å². The first-order chi connectivity index (χ1) is 8.22. The summed E-state index contributed by atoms with van der Waals surface area (Å²) in [6.45, 7) is 7.01. The van der Waals surface area contributed by atoms with E-state index in [1.807, 2.05) is 6.07 Å². The van der Waals surface area contributed by atoms with Gasteiger partial charge in [0, 0.05) is 13.0 Å². The Balaban J connectivity index is 2.27. The maximum atomic E-state index is 10.8. The third-order valence-electron chi connectivity index (χ3n) is 2.95. The van der Waals surface area contributed by atoms with Gasteiger partial charge < -0.3 is 4.79 Å². The molecule has 17 heavy (non-hydrogen) atoms. The van der Waals surface area contributed by atoms with Crippen LogP contribution in [0.15, 0.2) is 30.3 Å². The topological polar surface area (TPSA) is 20.3 Å². The SMILES string of the molecule is CCN(CCCCC(C)=O)Cc1ccccc1. The van der Waals surface area contributed by atoms with Gasteiger partial charge in [-0.2, -0.15) is 0 Å². The van der Waals surface area contributed by atoms with Crippen LogP contribution in [0.2, 0.25) is 0 Å². The van der Waals surface area contributed by atoms with Gasteiger partial charge >= 0.3 is 0 Å². The minimum Gasteiger partial charge on any atom is -0.300 e. The van der Waals surface area contributed by atoms with Crippen molar-refractivity contribution >= 4 is 5.78 Å². The van der Waals surface area contributed by atoms with Crippen LogP contribution in [-0.4, -0.2) is 23.8 Å². The Labute approximate surface area is 105 Å². The van der Waals surface area contributed by atoms with E-state index in [0.29, 0.717) is 5.78 Å². The van der Waals surface area contributed by atoms with E-state index in [-0.39, 0.29) is 0 Å². The second kappa shape index (κ2) is 8.02. The van der Waals surface area contributed by atoms with Crippen molar-refractivity contribution in [1.82, 2.24) is 4.90 Å². The first-order valence-corrected chi connectivity index (χ1v) is 6.48. The van der Waals surface area contributed by atoms with Gasteiger partial charge in [0.25, 0.3) is 0 Å². The smallest absolute Gasteiger partial charge is 0.129 e. The third-order valence-corrected chi connectivity index (χ3v) is 2.95. The second-order valence-corrected chi connectivity index (χ2v) is 4.51. The summed E-state index contributed by atoms with van der Waals surface area (Å²) in [6.07, 6.45) is 2.85. The van der Waals surface area contributed by atoms with Crippen molar-refractivity contribution in [1.29, 1.82) is 0 Å². The molecule has 0 aliphatic heterocycles. The zero-order chi connectivity index (χ0) is 12.5. The summed E-state index contributed by atoms with van der Waals surface area (Å²) in [6, 6.07) is 10.5. The molecule has 0 bridgehead atoms. The normalized spacial score (nSPS) is 10.8. The molecule has 0 fully saturated rings. The van der Waals surface area contributed by atoms with Crippen molar-refractivity contribution in [3.8, 4) is 0 Å². The Bertz CT molecular complexity index is 321. The predicted octanol–water partition coefficient (Wildman–Crippen LogP) is 3.27. The van der Waals surface area contributed by atoms with E-state index in [0.717, 1.165) is 38.9 Å². The molecule has 0 atom stereocenters. The third kappa shape index (κ3) is 6.22. The minimum atomic E-state index is 0.302. The van der Waals surface area contributed by atoms with Gasteiger partial charge in [0.2, 0.25) is 0 Å². The van der Waals surface area contributed by atoms with Gasteiger partial charge in [-0.3, -0.25) is 4.90 Å². The van der Waals surface area contributed by atoms with Crippen molar-refractivity contribution in [2.45, 2.75) is 39.7 Å². The highest BCUT2D eigenvalue weighted by Gasteiger charge is 2.03. The zero-order valence-electron chi connectivity index (χ0n) is 11.0. The van der Waals surface area contributed by atoms with Crippen molar-refractivity contribution in [2.75, 3.05) is 13.1 Å². The Morgan fingerprint density at radius 2 is 1.88 bits per heavy atom. The number of Topliss-reactive ketones (excluding diaryl/α,β-unsaturated/α-hetero) is 1. The standard InChI is InChI=1S/C15H23NO/c1-3-16(12-8-7-9-14(2)17)13-15-10-5-4-6-11-15/h4-6,10-11H,3,7-9,12-13H2,1-2H3. The van der Waals surface area contributed by atoms with E-state index < -0.39 is 0 Å². The van der Waals surface area contributed by atoms with Crippen molar-refractivity contribution in [3.63, 3.8) is 0 Å². The van der Waals surface area contributed by atoms with Crippen LogP contribution in [0.25, 0.3) is 0 Å². The first-order valence-electron chi connectivity index (χ1n) is 6.48. The molecule has 0 aliphatic carbocycles. The summed E-state index contributed by atoms with van der Waals surface area (Å²) in [7, 11) is 0. The monoisotopic (exact) mass is 233 g/mol. The lowest BCUT2D eigenvalue weighted by Crippen LogP contribution is -2.24. The van der Waals surface area contributed by atoms with E-state index in [1.165, 1.54) is 5.56 Å². The van der Waals surface area contributed by atoms with Crippen LogP contribution in [0.4, 0.5) is 0 Å². The number of carbonyl (C=O) groups excluding carboxylic acids is 1. The van der Waals surface area contributed by atoms with Crippen molar-refractivity contribution in [3.05, 3.63) is 35.9 Å². The predicted molar refractivity (Wildman–Crippen MR) is 71.9 cm³/mol. The summed E-state index contributed by atoms with van der Waals surface area (Å²) < 4.78 is 0. The van der Waals surface area contributed by atoms with Crippen LogP contribution < -0.4 is 0 Å². The molecule has 2 heteroatoms. The highest BCUT2D eigenvalue weighted by molar-refractivity contribution is 5.75. The molecule has 0 amide bonds. The highest BCUT2D eigenvalue weighted by Crippen LogP contribution is 2.06. The molecule has 2 nitrogen and oxygen atoms in total. The molecule has 1 aromatic carbocycles. The van der Waals surface area contributed by atoms with E-state index in [4.69, 9.17) is 0 Å². The number of hydrogen-bond donors (Lipinski definition) is 0. The summed E-state index contributed by atoms with van der Waals surface area (Å²) in [5.41, 5.74) is 1.36. The molecule has 0 N–H and O–H groups in total. The maximum absolute atomic E-state index is 10.8. The fourth-order valence-electron chi connectivity index (χ4n) is 1.90. The summed E-state index contributed by atoms with van der Waals surface area (Å²) >= 11 is 0. The number of unbranched alkanes of at least 4 members (excludes halogenated alkanes) is 1. The highest BCUT2D eigenvalue weighted by atomic mass is 16.1. The van der Waals surface area contributed by atoms with Gasteiger partial charge in [0.05, 0.1) is 0 Å². The molecule has 1 aromatic rings. The van der Waals surface area contributed by atoms with E-state index in [1.54, 1.807) is 6.92 Å². The molecule has 1 rings (SSSR count). The van der Waals surface area contributed by atoms with Gasteiger partial charge in [0.1, 0.15) is 5.78 Å². The van der Waals surface area contributed by atoms with Gasteiger partial charge in [-0.05, 0) is 38.4 Å². The molecule has 0 aromatic heterocycles. The fraction of sp³-hybridized carbons (Fsp3) is 0.533. The minimum absolute atomic E-state index is 0.302. The Hall–Kier alpha value is -1.15. The average Bonchev–Trinajstić information content (AvgIpc) is 2.34. The molecule has 0 spiro atoms. The Morgan fingerprint density at radius 3 is 2.47 bits per heavy atom. The summed E-state index contributed by atoms with van der Waals surface area (Å²) in [4.78, 5) is 13.3. The van der Waals surface area contributed by atoms with Gasteiger partial charge in [-0.25, -0.2) is 0 Å². The molecule has 0 unspecified atom stereocenters. The van der Waals surface area contributed by atoms with Crippen molar-refractivity contribution < 1.29 is 4.79 Å². The molecular formula is C15H23NO. The zero-order valence-corrected chi connectivity index (χ0v) is 11.0. The molecule has 0 radical (unpaired) electrons. The maximum Gasteiger partial charge on any atom is 0.129 e. The van der Waals surface area contributed by atoms with Gasteiger partial charge in [0.15, 0.2) is 0 Å². The van der Waals surface area contributed by atoms with Gasteiger partial charge in [-0.1, -0.05) is 37.3 Å². The number of nitrogens with zero attached hydrogens (tertiary/aromatic N) is 1. The lowest BCUT2D eigenvalue weighted by Gasteiger charge is -2.20. The van der Waals surface area contributed by atoms with Crippen LogP contribution in [0.3, 0.4) is 0 Å². The first kappa shape index (κ1) is 13.9. The average molecular weight is 233 g/mol.